The maximum Gasteiger partial charge on any atom is 0.126 e. The van der Waals surface area contributed by atoms with Crippen LogP contribution in [-0.4, -0.2) is 25.8 Å². The summed E-state index contributed by atoms with van der Waals surface area (Å²) in [5.41, 5.74) is 0.666. The molecule has 0 heterocycles. The summed E-state index contributed by atoms with van der Waals surface area (Å²) < 4.78 is 31.1. The lowest BCUT2D eigenvalue weighted by atomic mass is 10.1. The van der Waals surface area contributed by atoms with Gasteiger partial charge >= 0.3 is 0 Å². The van der Waals surface area contributed by atoms with E-state index < -0.39 is 11.6 Å². The number of rotatable bonds is 7. The van der Waals surface area contributed by atoms with Crippen LogP contribution < -0.4 is 5.32 Å². The molecule has 4 heteroatoms. The molecule has 0 bridgehead atoms. The van der Waals surface area contributed by atoms with Crippen LogP contribution in [0.1, 0.15) is 19.4 Å². The molecule has 0 aromatic heterocycles. The van der Waals surface area contributed by atoms with E-state index in [2.05, 4.69) is 5.32 Å². The molecule has 0 fully saturated rings. The molecule has 0 saturated carbocycles. The van der Waals surface area contributed by atoms with E-state index in [1.807, 2.05) is 13.8 Å². The molecular weight excluding hydrogens is 224 g/mol. The van der Waals surface area contributed by atoms with Crippen molar-refractivity contribution < 1.29 is 13.5 Å². The molecule has 0 aliphatic heterocycles. The molecule has 0 aliphatic carbocycles. The van der Waals surface area contributed by atoms with Crippen LogP contribution in [0.15, 0.2) is 18.2 Å². The Morgan fingerprint density at radius 2 is 1.76 bits per heavy atom. The summed E-state index contributed by atoms with van der Waals surface area (Å²) >= 11 is 0. The molecule has 0 amide bonds. The van der Waals surface area contributed by atoms with Crippen molar-refractivity contribution in [3.05, 3.63) is 35.4 Å². The van der Waals surface area contributed by atoms with E-state index in [0.717, 1.165) is 12.6 Å². The number of hydrogen-bond donors (Lipinski definition) is 1. The first-order chi connectivity index (χ1) is 8.08. The second-order valence-electron chi connectivity index (χ2n) is 4.20. The fourth-order valence-corrected chi connectivity index (χ4v) is 1.48. The van der Waals surface area contributed by atoms with Gasteiger partial charge in [0.2, 0.25) is 0 Å². The lowest BCUT2D eigenvalue weighted by Crippen LogP contribution is -2.23. The fraction of sp³-hybridized carbons (Fsp3) is 0.538. The zero-order chi connectivity index (χ0) is 12.7. The molecule has 0 saturated heterocycles. The van der Waals surface area contributed by atoms with E-state index in [4.69, 9.17) is 4.74 Å². The molecule has 96 valence electrons. The SMILES string of the molecule is CC(C)OCCNCCc1cc(F)cc(F)c1. The van der Waals surface area contributed by atoms with E-state index in [1.165, 1.54) is 12.1 Å². The minimum absolute atomic E-state index is 0.231. The van der Waals surface area contributed by atoms with Crippen molar-refractivity contribution in [3.8, 4) is 0 Å². The molecule has 0 spiro atoms. The van der Waals surface area contributed by atoms with E-state index in [0.29, 0.717) is 25.1 Å². The Morgan fingerprint density at radius 3 is 2.35 bits per heavy atom. The fourth-order valence-electron chi connectivity index (χ4n) is 1.48. The molecule has 0 atom stereocenters. The van der Waals surface area contributed by atoms with Crippen LogP contribution >= 0.6 is 0 Å². The predicted molar refractivity (Wildman–Crippen MR) is 64.0 cm³/mol. The summed E-state index contributed by atoms with van der Waals surface area (Å²) in [7, 11) is 0. The summed E-state index contributed by atoms with van der Waals surface area (Å²) in [6.07, 6.45) is 0.838. The van der Waals surface area contributed by atoms with Gasteiger partial charge in [0, 0.05) is 12.6 Å². The molecule has 1 N–H and O–H groups in total. The third-order valence-corrected chi connectivity index (χ3v) is 2.24. The van der Waals surface area contributed by atoms with Gasteiger partial charge in [-0.1, -0.05) is 0 Å². The van der Waals surface area contributed by atoms with Gasteiger partial charge in [0.05, 0.1) is 12.7 Å². The van der Waals surface area contributed by atoms with Crippen LogP contribution in [0.5, 0.6) is 0 Å². The van der Waals surface area contributed by atoms with Crippen LogP contribution in [0.2, 0.25) is 0 Å². The largest absolute Gasteiger partial charge is 0.377 e. The van der Waals surface area contributed by atoms with Gasteiger partial charge in [-0.25, -0.2) is 8.78 Å². The van der Waals surface area contributed by atoms with E-state index in [-0.39, 0.29) is 6.10 Å². The van der Waals surface area contributed by atoms with Crippen LogP contribution in [0.25, 0.3) is 0 Å². The van der Waals surface area contributed by atoms with Crippen LogP contribution in [0.4, 0.5) is 8.78 Å². The van der Waals surface area contributed by atoms with E-state index in [1.54, 1.807) is 0 Å². The van der Waals surface area contributed by atoms with Gasteiger partial charge in [-0.05, 0) is 44.5 Å². The van der Waals surface area contributed by atoms with Gasteiger partial charge in [-0.15, -0.1) is 0 Å². The van der Waals surface area contributed by atoms with Crippen molar-refractivity contribution in [2.24, 2.45) is 0 Å². The summed E-state index contributed by atoms with van der Waals surface area (Å²) in [6.45, 7) is 6.04. The first kappa shape index (κ1) is 14.1. The first-order valence-corrected chi connectivity index (χ1v) is 5.85. The third-order valence-electron chi connectivity index (χ3n) is 2.24. The second kappa shape index (κ2) is 7.35. The Morgan fingerprint density at radius 1 is 1.12 bits per heavy atom. The van der Waals surface area contributed by atoms with Crippen molar-refractivity contribution in [2.75, 3.05) is 19.7 Å². The maximum absolute atomic E-state index is 12.9. The summed E-state index contributed by atoms with van der Waals surface area (Å²) in [6, 6.07) is 3.60. The van der Waals surface area contributed by atoms with Gasteiger partial charge in [0.25, 0.3) is 0 Å². The first-order valence-electron chi connectivity index (χ1n) is 5.85. The van der Waals surface area contributed by atoms with Crippen molar-refractivity contribution in [1.82, 2.24) is 5.32 Å². The third kappa shape index (κ3) is 6.34. The zero-order valence-electron chi connectivity index (χ0n) is 10.3. The molecule has 0 radical (unpaired) electrons. The average Bonchev–Trinajstić information content (AvgIpc) is 2.21. The lowest BCUT2D eigenvalue weighted by molar-refractivity contribution is 0.0810. The van der Waals surface area contributed by atoms with Crippen molar-refractivity contribution >= 4 is 0 Å². The van der Waals surface area contributed by atoms with Gasteiger partial charge in [0.15, 0.2) is 0 Å². The average molecular weight is 243 g/mol. The minimum Gasteiger partial charge on any atom is -0.377 e. The summed E-state index contributed by atoms with van der Waals surface area (Å²) in [5, 5.41) is 3.16. The highest BCUT2D eigenvalue weighted by Crippen LogP contribution is 2.07. The highest BCUT2D eigenvalue weighted by molar-refractivity contribution is 5.18. The molecule has 2 nitrogen and oxygen atoms in total. The maximum atomic E-state index is 12.9. The Hall–Kier alpha value is -1.00. The monoisotopic (exact) mass is 243 g/mol. The summed E-state index contributed by atoms with van der Waals surface area (Å²) in [4.78, 5) is 0. The Balaban J connectivity index is 2.18. The van der Waals surface area contributed by atoms with Gasteiger partial charge < -0.3 is 10.1 Å². The Kier molecular flexibility index (Phi) is 6.08. The quantitative estimate of drug-likeness (QED) is 0.743. The highest BCUT2D eigenvalue weighted by Gasteiger charge is 2.00. The number of nitrogens with one attached hydrogen (secondary N) is 1. The molecule has 1 rings (SSSR count). The normalized spacial score (nSPS) is 11.1. The second-order valence-corrected chi connectivity index (χ2v) is 4.20. The van der Waals surface area contributed by atoms with Crippen LogP contribution in [0, 0.1) is 11.6 Å². The van der Waals surface area contributed by atoms with Crippen molar-refractivity contribution in [3.63, 3.8) is 0 Å². The zero-order valence-corrected chi connectivity index (χ0v) is 10.3. The Labute approximate surface area is 101 Å². The van der Waals surface area contributed by atoms with Crippen LogP contribution in [0.3, 0.4) is 0 Å². The standard InChI is InChI=1S/C13H19F2NO/c1-10(2)17-6-5-16-4-3-11-7-12(14)9-13(15)8-11/h7-10,16H,3-6H2,1-2H3. The highest BCUT2D eigenvalue weighted by atomic mass is 19.1. The van der Waals surface area contributed by atoms with Gasteiger partial charge in [0.1, 0.15) is 11.6 Å². The molecular formula is C13H19F2NO. The number of benzene rings is 1. The topological polar surface area (TPSA) is 21.3 Å². The number of halogens is 2. The van der Waals surface area contributed by atoms with Gasteiger partial charge in [-0.3, -0.25) is 0 Å². The Bertz CT molecular complexity index is 322. The predicted octanol–water partition coefficient (Wildman–Crippen LogP) is 2.52. The molecule has 1 aromatic carbocycles. The van der Waals surface area contributed by atoms with Gasteiger partial charge in [-0.2, -0.15) is 0 Å². The van der Waals surface area contributed by atoms with E-state index in [9.17, 15) is 8.78 Å². The van der Waals surface area contributed by atoms with Crippen molar-refractivity contribution in [2.45, 2.75) is 26.4 Å². The smallest absolute Gasteiger partial charge is 0.126 e. The van der Waals surface area contributed by atoms with Crippen molar-refractivity contribution in [1.29, 1.82) is 0 Å². The number of hydrogen-bond acceptors (Lipinski definition) is 2. The number of ether oxygens (including phenoxy) is 1. The molecule has 0 aliphatic rings. The lowest BCUT2D eigenvalue weighted by Gasteiger charge is -2.08. The molecule has 17 heavy (non-hydrogen) atoms. The van der Waals surface area contributed by atoms with Crippen LogP contribution in [-0.2, 0) is 11.2 Å². The summed E-state index contributed by atoms with van der Waals surface area (Å²) in [5.74, 6) is -1.05. The minimum atomic E-state index is -0.525. The molecule has 0 unspecified atom stereocenters. The van der Waals surface area contributed by atoms with E-state index >= 15 is 0 Å². The molecule has 1 aromatic rings.